The Balaban J connectivity index is 2.37. The highest BCUT2D eigenvalue weighted by Crippen LogP contribution is 2.19. The fraction of sp³-hybridized carbons (Fsp3) is 0.364. The van der Waals surface area contributed by atoms with Gasteiger partial charge in [-0.05, 0) is 25.2 Å². The molecule has 0 fully saturated rings. The molecule has 0 amide bonds. The lowest BCUT2D eigenvalue weighted by Gasteiger charge is -2.11. The summed E-state index contributed by atoms with van der Waals surface area (Å²) in [5.74, 6) is 0.863. The Hall–Kier alpha value is -1.10. The third-order valence-corrected chi connectivity index (χ3v) is 2.71. The van der Waals surface area contributed by atoms with Crippen molar-refractivity contribution in [3.05, 3.63) is 29.0 Å². The first-order chi connectivity index (χ1) is 7.74. The summed E-state index contributed by atoms with van der Waals surface area (Å²) in [6.07, 6.45) is 0. The first-order valence-electron chi connectivity index (χ1n) is 5.06. The van der Waals surface area contributed by atoms with E-state index in [0.29, 0.717) is 11.6 Å². The molecule has 0 bridgehead atoms. The summed E-state index contributed by atoms with van der Waals surface area (Å²) in [6.45, 7) is 0.573. The Morgan fingerprint density at radius 3 is 3.06 bits per heavy atom. The molecule has 2 rings (SSSR count). The van der Waals surface area contributed by atoms with Crippen molar-refractivity contribution in [2.75, 3.05) is 20.8 Å². The molecule has 0 aliphatic heterocycles. The van der Waals surface area contributed by atoms with Gasteiger partial charge >= 0.3 is 0 Å². The average Bonchev–Trinajstić information content (AvgIpc) is 2.68. The van der Waals surface area contributed by atoms with Crippen LogP contribution in [0.5, 0.6) is 0 Å². The van der Waals surface area contributed by atoms with Gasteiger partial charge in [0.1, 0.15) is 5.82 Å². The van der Waals surface area contributed by atoms with Crippen molar-refractivity contribution in [2.24, 2.45) is 0 Å². The third-order valence-electron chi connectivity index (χ3n) is 2.47. The number of likely N-dealkylation sites (N-methyl/N-ethyl adjacent to an activating group) is 1. The zero-order valence-electron chi connectivity index (χ0n) is 9.25. The predicted molar refractivity (Wildman–Crippen MR) is 64.8 cm³/mol. The molecule has 1 heterocycles. The first kappa shape index (κ1) is 11.4. The van der Waals surface area contributed by atoms with E-state index < -0.39 is 0 Å². The highest BCUT2D eigenvalue weighted by atomic mass is 35.5. The van der Waals surface area contributed by atoms with Gasteiger partial charge < -0.3 is 15.0 Å². The fourth-order valence-electron chi connectivity index (χ4n) is 1.63. The minimum atomic E-state index is 0.0659. The molecular formula is C11H14ClN3O. The van der Waals surface area contributed by atoms with Crippen molar-refractivity contribution in [1.82, 2.24) is 15.3 Å². The maximum Gasteiger partial charge on any atom is 0.126 e. The fourth-order valence-corrected chi connectivity index (χ4v) is 1.80. The van der Waals surface area contributed by atoms with E-state index in [1.807, 2.05) is 25.2 Å². The van der Waals surface area contributed by atoms with Crippen molar-refractivity contribution in [1.29, 1.82) is 0 Å². The van der Waals surface area contributed by atoms with Crippen molar-refractivity contribution in [3.63, 3.8) is 0 Å². The molecule has 86 valence electrons. The number of fused-ring (bicyclic) bond motifs is 1. The topological polar surface area (TPSA) is 49.9 Å². The van der Waals surface area contributed by atoms with Gasteiger partial charge in [0.2, 0.25) is 0 Å². The van der Waals surface area contributed by atoms with Crippen LogP contribution in [0, 0.1) is 0 Å². The van der Waals surface area contributed by atoms with Crippen molar-refractivity contribution >= 4 is 22.6 Å². The largest absolute Gasteiger partial charge is 0.383 e. The van der Waals surface area contributed by atoms with Gasteiger partial charge in [-0.15, -0.1) is 0 Å². The lowest BCUT2D eigenvalue weighted by atomic mass is 10.3. The third kappa shape index (κ3) is 2.19. The molecule has 1 atom stereocenters. The molecule has 0 saturated carbocycles. The van der Waals surface area contributed by atoms with Gasteiger partial charge in [-0.25, -0.2) is 4.98 Å². The molecule has 0 saturated heterocycles. The van der Waals surface area contributed by atoms with Gasteiger partial charge in [0.05, 0.1) is 23.7 Å². The molecule has 0 radical (unpaired) electrons. The number of benzene rings is 1. The Labute approximate surface area is 99.0 Å². The minimum Gasteiger partial charge on any atom is -0.383 e. The molecule has 0 spiro atoms. The van der Waals surface area contributed by atoms with Crippen LogP contribution < -0.4 is 5.32 Å². The lowest BCUT2D eigenvalue weighted by Crippen LogP contribution is -2.22. The summed E-state index contributed by atoms with van der Waals surface area (Å²) in [7, 11) is 3.55. The number of nitrogens with zero attached hydrogens (tertiary/aromatic N) is 1. The molecule has 0 aliphatic rings. The van der Waals surface area contributed by atoms with E-state index in [0.717, 1.165) is 16.9 Å². The Morgan fingerprint density at radius 1 is 1.56 bits per heavy atom. The van der Waals surface area contributed by atoms with Gasteiger partial charge in [0.25, 0.3) is 0 Å². The second-order valence-corrected chi connectivity index (χ2v) is 4.02. The van der Waals surface area contributed by atoms with Crippen LogP contribution in [0.15, 0.2) is 18.2 Å². The SMILES string of the molecule is CN[C@@H](COC)c1nc2ccc(Cl)cc2[nH]1. The van der Waals surface area contributed by atoms with Crippen molar-refractivity contribution in [3.8, 4) is 0 Å². The van der Waals surface area contributed by atoms with Gasteiger partial charge in [-0.3, -0.25) is 0 Å². The standard InChI is InChI=1S/C11H14ClN3O/c1-13-10(6-16-2)11-14-8-4-3-7(12)5-9(8)15-11/h3-5,10,13H,6H2,1-2H3,(H,14,15)/t10-/m0/s1. The Bertz CT molecular complexity index is 483. The van der Waals surface area contributed by atoms with Crippen LogP contribution in [0.4, 0.5) is 0 Å². The van der Waals surface area contributed by atoms with Crippen LogP contribution in [0.25, 0.3) is 11.0 Å². The number of imidazole rings is 1. The van der Waals surface area contributed by atoms with Crippen LogP contribution in [-0.4, -0.2) is 30.7 Å². The number of aromatic amines is 1. The molecule has 4 nitrogen and oxygen atoms in total. The molecule has 16 heavy (non-hydrogen) atoms. The number of halogens is 1. The molecule has 1 aromatic carbocycles. The quantitative estimate of drug-likeness (QED) is 0.859. The van der Waals surface area contributed by atoms with Gasteiger partial charge in [-0.2, -0.15) is 0 Å². The van der Waals surface area contributed by atoms with E-state index in [2.05, 4.69) is 15.3 Å². The van der Waals surface area contributed by atoms with E-state index >= 15 is 0 Å². The summed E-state index contributed by atoms with van der Waals surface area (Å²) in [4.78, 5) is 7.72. The number of hydrogen-bond donors (Lipinski definition) is 2. The zero-order valence-corrected chi connectivity index (χ0v) is 10.0. The second-order valence-electron chi connectivity index (χ2n) is 3.58. The minimum absolute atomic E-state index is 0.0659. The van der Waals surface area contributed by atoms with Gasteiger partial charge in [-0.1, -0.05) is 11.6 Å². The van der Waals surface area contributed by atoms with E-state index in [-0.39, 0.29) is 6.04 Å². The maximum atomic E-state index is 5.91. The average molecular weight is 240 g/mol. The van der Waals surface area contributed by atoms with Crippen LogP contribution in [0.1, 0.15) is 11.9 Å². The lowest BCUT2D eigenvalue weighted by molar-refractivity contribution is 0.167. The van der Waals surface area contributed by atoms with E-state index in [4.69, 9.17) is 16.3 Å². The van der Waals surface area contributed by atoms with Gasteiger partial charge in [0, 0.05) is 12.1 Å². The molecule has 2 N–H and O–H groups in total. The maximum absolute atomic E-state index is 5.91. The van der Waals surface area contributed by atoms with Crippen LogP contribution in [0.2, 0.25) is 5.02 Å². The van der Waals surface area contributed by atoms with E-state index in [1.165, 1.54) is 0 Å². The number of ether oxygens (including phenoxy) is 1. The van der Waals surface area contributed by atoms with E-state index in [1.54, 1.807) is 7.11 Å². The molecule has 5 heteroatoms. The predicted octanol–water partition coefficient (Wildman–Crippen LogP) is 2.12. The number of aromatic nitrogens is 2. The Morgan fingerprint density at radius 2 is 2.38 bits per heavy atom. The van der Waals surface area contributed by atoms with Crippen LogP contribution >= 0.6 is 11.6 Å². The number of H-pyrrole nitrogens is 1. The number of nitrogens with one attached hydrogen (secondary N) is 2. The summed E-state index contributed by atoms with van der Waals surface area (Å²) in [5, 5.41) is 3.85. The first-order valence-corrected chi connectivity index (χ1v) is 5.43. The summed E-state index contributed by atoms with van der Waals surface area (Å²) < 4.78 is 5.12. The number of hydrogen-bond acceptors (Lipinski definition) is 3. The summed E-state index contributed by atoms with van der Waals surface area (Å²) >= 11 is 5.91. The summed E-state index contributed by atoms with van der Waals surface area (Å²) in [5.41, 5.74) is 1.86. The summed E-state index contributed by atoms with van der Waals surface area (Å²) in [6, 6.07) is 5.67. The normalized spacial score (nSPS) is 13.2. The van der Waals surface area contributed by atoms with Crippen LogP contribution in [-0.2, 0) is 4.74 Å². The highest BCUT2D eigenvalue weighted by Gasteiger charge is 2.13. The smallest absolute Gasteiger partial charge is 0.126 e. The number of methoxy groups -OCH3 is 1. The van der Waals surface area contributed by atoms with Crippen molar-refractivity contribution < 1.29 is 4.74 Å². The molecule has 1 aromatic heterocycles. The van der Waals surface area contributed by atoms with Gasteiger partial charge in [0.15, 0.2) is 0 Å². The highest BCUT2D eigenvalue weighted by molar-refractivity contribution is 6.31. The molecule has 0 unspecified atom stereocenters. The van der Waals surface area contributed by atoms with Crippen molar-refractivity contribution in [2.45, 2.75) is 6.04 Å². The molecule has 2 aromatic rings. The van der Waals surface area contributed by atoms with Crippen LogP contribution in [0.3, 0.4) is 0 Å². The van der Waals surface area contributed by atoms with E-state index in [9.17, 15) is 0 Å². The monoisotopic (exact) mass is 239 g/mol. The zero-order chi connectivity index (χ0) is 11.5. The Kier molecular flexibility index (Phi) is 3.43. The molecular weight excluding hydrogens is 226 g/mol. The second kappa shape index (κ2) is 4.82. The number of rotatable bonds is 4. The molecule has 0 aliphatic carbocycles.